The van der Waals surface area contributed by atoms with Crippen LogP contribution in [0.3, 0.4) is 0 Å². The van der Waals surface area contributed by atoms with Gasteiger partial charge in [-0.05, 0) is 45.3 Å². The average Bonchev–Trinajstić information content (AvgIpc) is 2.58. The number of hydrogen-bond donors (Lipinski definition) is 2. The standard InChI is InChI=1S/C15H21BClNO3/c1-14(2)15(3,4)21-16(20-14)10(9-19)8-11-12(17)6-5-7-13(11)18/h5-8,19H,9,18H2,1-4H3. The molecule has 0 bridgehead atoms. The first kappa shape index (κ1) is 16.4. The van der Waals surface area contributed by atoms with E-state index in [2.05, 4.69) is 0 Å². The van der Waals surface area contributed by atoms with Gasteiger partial charge in [-0.15, -0.1) is 0 Å². The van der Waals surface area contributed by atoms with Gasteiger partial charge in [-0.25, -0.2) is 0 Å². The fourth-order valence-corrected chi connectivity index (χ4v) is 2.31. The summed E-state index contributed by atoms with van der Waals surface area (Å²) in [5, 5.41) is 10.2. The lowest BCUT2D eigenvalue weighted by atomic mass is 9.77. The molecule has 2 rings (SSSR count). The number of nitrogen functional groups attached to an aromatic ring is 1. The summed E-state index contributed by atoms with van der Waals surface area (Å²) >= 11 is 6.16. The monoisotopic (exact) mass is 309 g/mol. The number of nitrogens with two attached hydrogens (primary N) is 1. The third-order valence-electron chi connectivity index (χ3n) is 4.15. The Morgan fingerprint density at radius 2 is 1.86 bits per heavy atom. The predicted octanol–water partition coefficient (Wildman–Crippen LogP) is 2.93. The van der Waals surface area contributed by atoms with E-state index in [1.807, 2.05) is 27.7 Å². The van der Waals surface area contributed by atoms with Crippen LogP contribution >= 0.6 is 11.6 Å². The van der Waals surface area contributed by atoms with E-state index in [0.29, 0.717) is 21.7 Å². The molecule has 21 heavy (non-hydrogen) atoms. The normalized spacial score (nSPS) is 20.9. The molecule has 0 spiro atoms. The molecule has 1 saturated heterocycles. The van der Waals surface area contributed by atoms with Crippen LogP contribution in [0.5, 0.6) is 0 Å². The molecule has 1 aliphatic heterocycles. The molecular weight excluding hydrogens is 288 g/mol. The number of halogens is 1. The lowest BCUT2D eigenvalue weighted by molar-refractivity contribution is 0.00578. The molecule has 6 heteroatoms. The lowest BCUT2D eigenvalue weighted by Gasteiger charge is -2.32. The number of rotatable bonds is 3. The Hall–Kier alpha value is -1.01. The van der Waals surface area contributed by atoms with Crippen LogP contribution in [0.25, 0.3) is 6.08 Å². The molecule has 0 saturated carbocycles. The Balaban J connectivity index is 2.36. The van der Waals surface area contributed by atoms with Crippen molar-refractivity contribution in [2.75, 3.05) is 12.3 Å². The van der Waals surface area contributed by atoms with E-state index in [1.165, 1.54) is 0 Å². The van der Waals surface area contributed by atoms with Crippen molar-refractivity contribution in [3.8, 4) is 0 Å². The molecule has 1 aromatic rings. The molecule has 0 radical (unpaired) electrons. The second-order valence-corrected chi connectivity index (χ2v) is 6.62. The van der Waals surface area contributed by atoms with Gasteiger partial charge in [0, 0.05) is 16.3 Å². The average molecular weight is 310 g/mol. The Bertz CT molecular complexity index is 536. The van der Waals surface area contributed by atoms with Crippen molar-refractivity contribution in [1.29, 1.82) is 0 Å². The minimum absolute atomic E-state index is 0.193. The smallest absolute Gasteiger partial charge is 0.400 e. The summed E-state index contributed by atoms with van der Waals surface area (Å²) in [6.45, 7) is 7.66. The molecular formula is C15H21BClNO3. The molecule has 1 aliphatic rings. The summed E-state index contributed by atoms with van der Waals surface area (Å²) in [7, 11) is -0.615. The van der Waals surface area contributed by atoms with Crippen LogP contribution in [0, 0.1) is 0 Å². The second kappa shape index (κ2) is 5.65. The Morgan fingerprint density at radius 1 is 1.29 bits per heavy atom. The third kappa shape index (κ3) is 3.11. The highest BCUT2D eigenvalue weighted by Gasteiger charge is 2.52. The molecule has 1 aromatic carbocycles. The van der Waals surface area contributed by atoms with Gasteiger partial charge in [0.15, 0.2) is 0 Å². The first-order valence-electron chi connectivity index (χ1n) is 6.89. The van der Waals surface area contributed by atoms with Gasteiger partial charge in [0.25, 0.3) is 0 Å². The first-order chi connectivity index (χ1) is 9.68. The molecule has 0 aromatic heterocycles. The van der Waals surface area contributed by atoms with Gasteiger partial charge in [-0.2, -0.15) is 0 Å². The van der Waals surface area contributed by atoms with E-state index in [0.717, 1.165) is 0 Å². The fraction of sp³-hybridized carbons (Fsp3) is 0.467. The van der Waals surface area contributed by atoms with E-state index >= 15 is 0 Å². The van der Waals surface area contributed by atoms with E-state index in [1.54, 1.807) is 24.3 Å². The maximum atomic E-state index is 9.66. The lowest BCUT2D eigenvalue weighted by Crippen LogP contribution is -2.41. The largest absolute Gasteiger partial charge is 0.492 e. The summed E-state index contributed by atoms with van der Waals surface area (Å²) in [4.78, 5) is 0. The summed E-state index contributed by atoms with van der Waals surface area (Å²) < 4.78 is 11.9. The summed E-state index contributed by atoms with van der Waals surface area (Å²) in [5.41, 5.74) is 6.82. The van der Waals surface area contributed by atoms with Gasteiger partial charge in [-0.3, -0.25) is 0 Å². The zero-order chi connectivity index (χ0) is 15.8. The van der Waals surface area contributed by atoms with Crippen LogP contribution in [0.4, 0.5) is 5.69 Å². The van der Waals surface area contributed by atoms with Crippen LogP contribution in [-0.4, -0.2) is 30.0 Å². The van der Waals surface area contributed by atoms with Crippen LogP contribution in [0.15, 0.2) is 23.7 Å². The second-order valence-electron chi connectivity index (χ2n) is 6.21. The number of hydrogen-bond acceptors (Lipinski definition) is 4. The number of aliphatic hydroxyl groups excluding tert-OH is 1. The van der Waals surface area contributed by atoms with Crippen molar-refractivity contribution in [2.24, 2.45) is 0 Å². The molecule has 4 nitrogen and oxygen atoms in total. The minimum atomic E-state index is -0.615. The highest BCUT2D eigenvalue weighted by atomic mass is 35.5. The number of aliphatic hydroxyl groups is 1. The summed E-state index contributed by atoms with van der Waals surface area (Å²) in [5.74, 6) is 0. The van der Waals surface area contributed by atoms with Gasteiger partial charge in [0.05, 0.1) is 17.8 Å². The van der Waals surface area contributed by atoms with Gasteiger partial charge < -0.3 is 20.1 Å². The maximum Gasteiger partial charge on any atom is 0.492 e. The highest BCUT2D eigenvalue weighted by molar-refractivity contribution is 6.56. The van der Waals surface area contributed by atoms with E-state index < -0.39 is 18.3 Å². The molecule has 3 N–H and O–H groups in total. The Morgan fingerprint density at radius 3 is 2.33 bits per heavy atom. The zero-order valence-electron chi connectivity index (χ0n) is 12.8. The topological polar surface area (TPSA) is 64.7 Å². The Kier molecular flexibility index (Phi) is 4.40. The van der Waals surface area contributed by atoms with Crippen molar-refractivity contribution in [3.05, 3.63) is 34.3 Å². The van der Waals surface area contributed by atoms with E-state index in [9.17, 15) is 5.11 Å². The molecule has 0 unspecified atom stereocenters. The quantitative estimate of drug-likeness (QED) is 0.665. The maximum absolute atomic E-state index is 9.66. The Labute approximate surface area is 131 Å². The van der Waals surface area contributed by atoms with Gasteiger partial charge >= 0.3 is 7.12 Å². The van der Waals surface area contributed by atoms with Crippen molar-refractivity contribution >= 4 is 30.5 Å². The molecule has 0 atom stereocenters. The van der Waals surface area contributed by atoms with Gasteiger partial charge in [-0.1, -0.05) is 23.7 Å². The fourth-order valence-electron chi connectivity index (χ4n) is 2.07. The van der Waals surface area contributed by atoms with Crippen molar-refractivity contribution in [2.45, 2.75) is 38.9 Å². The van der Waals surface area contributed by atoms with Crippen molar-refractivity contribution < 1.29 is 14.4 Å². The summed E-state index contributed by atoms with van der Waals surface area (Å²) in [6, 6.07) is 5.29. The predicted molar refractivity (Wildman–Crippen MR) is 87.0 cm³/mol. The SMILES string of the molecule is CC1(C)OB(C(=Cc2c(N)cccc2Cl)CO)OC1(C)C. The van der Waals surface area contributed by atoms with E-state index in [-0.39, 0.29) is 6.61 Å². The van der Waals surface area contributed by atoms with E-state index in [4.69, 9.17) is 26.6 Å². The summed E-state index contributed by atoms with van der Waals surface area (Å²) in [6.07, 6.45) is 1.74. The van der Waals surface area contributed by atoms with Crippen molar-refractivity contribution in [1.82, 2.24) is 0 Å². The zero-order valence-corrected chi connectivity index (χ0v) is 13.6. The van der Waals surface area contributed by atoms with Crippen LogP contribution in [-0.2, 0) is 9.31 Å². The molecule has 1 fully saturated rings. The molecule has 1 heterocycles. The third-order valence-corrected chi connectivity index (χ3v) is 4.48. The van der Waals surface area contributed by atoms with Gasteiger partial charge in [0.2, 0.25) is 0 Å². The van der Waals surface area contributed by atoms with Gasteiger partial charge in [0.1, 0.15) is 0 Å². The number of anilines is 1. The van der Waals surface area contributed by atoms with Crippen LogP contribution in [0.1, 0.15) is 33.3 Å². The molecule has 0 amide bonds. The number of benzene rings is 1. The highest BCUT2D eigenvalue weighted by Crippen LogP contribution is 2.39. The van der Waals surface area contributed by atoms with Crippen LogP contribution in [0.2, 0.25) is 5.02 Å². The van der Waals surface area contributed by atoms with Crippen LogP contribution < -0.4 is 5.73 Å². The minimum Gasteiger partial charge on any atom is -0.400 e. The van der Waals surface area contributed by atoms with Crippen molar-refractivity contribution in [3.63, 3.8) is 0 Å². The molecule has 0 aliphatic carbocycles. The first-order valence-corrected chi connectivity index (χ1v) is 7.27. The molecule has 114 valence electrons.